The lowest BCUT2D eigenvalue weighted by Crippen LogP contribution is -2.18. The molecule has 3 aromatic rings. The zero-order valence-corrected chi connectivity index (χ0v) is 18.6. The Kier molecular flexibility index (Phi) is 6.98. The molecule has 0 fully saturated rings. The molecule has 1 atom stereocenters. The van der Waals surface area contributed by atoms with E-state index in [0.29, 0.717) is 22.2 Å². The Labute approximate surface area is 183 Å². The number of benzene rings is 2. The summed E-state index contributed by atoms with van der Waals surface area (Å²) in [7, 11) is 0. The number of halogens is 4. The summed E-state index contributed by atoms with van der Waals surface area (Å²) in [5, 5.41) is 0.962. The fourth-order valence-electron chi connectivity index (χ4n) is 2.57. The summed E-state index contributed by atoms with van der Waals surface area (Å²) in [6.07, 6.45) is 4.77. The van der Waals surface area contributed by atoms with Crippen LogP contribution in [0.1, 0.15) is 17.2 Å². The van der Waals surface area contributed by atoms with Gasteiger partial charge in [-0.2, -0.15) is 0 Å². The number of nitrogens with zero attached hydrogens (tertiary/aromatic N) is 2. The average Bonchev–Trinajstić information content (AvgIpc) is 3.10. The molecular formula is C19H14Br2Cl2N2O2. The molecule has 2 aromatic carbocycles. The number of rotatable bonds is 6. The van der Waals surface area contributed by atoms with Gasteiger partial charge in [-0.05, 0) is 29.8 Å². The van der Waals surface area contributed by atoms with Gasteiger partial charge in [0.05, 0.1) is 19.3 Å². The van der Waals surface area contributed by atoms with Crippen molar-refractivity contribution in [2.75, 3.05) is 0 Å². The van der Waals surface area contributed by atoms with Crippen LogP contribution in [0.25, 0.3) is 0 Å². The normalized spacial score (nSPS) is 12.0. The summed E-state index contributed by atoms with van der Waals surface area (Å²) in [6, 6.07) is 10.8. The lowest BCUT2D eigenvalue weighted by molar-refractivity contribution is -0.149. The van der Waals surface area contributed by atoms with E-state index < -0.39 is 6.10 Å². The quantitative estimate of drug-likeness (QED) is 0.353. The van der Waals surface area contributed by atoms with Gasteiger partial charge in [-0.25, -0.2) is 4.98 Å². The van der Waals surface area contributed by atoms with Crippen molar-refractivity contribution in [3.05, 3.63) is 85.2 Å². The first-order valence-electron chi connectivity index (χ1n) is 7.96. The highest BCUT2D eigenvalue weighted by atomic mass is 79.9. The maximum atomic E-state index is 12.6. The summed E-state index contributed by atoms with van der Waals surface area (Å²) in [4.78, 5) is 16.6. The van der Waals surface area contributed by atoms with Crippen molar-refractivity contribution in [1.82, 2.24) is 9.55 Å². The molecule has 0 N–H and O–H groups in total. The molecular weight excluding hydrogens is 519 g/mol. The third kappa shape index (κ3) is 5.57. The van der Waals surface area contributed by atoms with E-state index in [1.807, 2.05) is 29.0 Å². The van der Waals surface area contributed by atoms with Crippen LogP contribution in [-0.2, 0) is 22.5 Å². The fraction of sp³-hybridized carbons (Fsp3) is 0.158. The maximum Gasteiger partial charge on any atom is 0.310 e. The van der Waals surface area contributed by atoms with Crippen LogP contribution in [0.4, 0.5) is 0 Å². The molecule has 1 aromatic heterocycles. The Bertz CT molecular complexity index is 949. The van der Waals surface area contributed by atoms with Gasteiger partial charge in [-0.3, -0.25) is 4.79 Å². The number of hydrogen-bond acceptors (Lipinski definition) is 3. The van der Waals surface area contributed by atoms with E-state index in [4.69, 9.17) is 27.9 Å². The molecule has 0 aliphatic heterocycles. The minimum absolute atomic E-state index is 0.0601. The third-order valence-corrected chi connectivity index (χ3v) is 5.64. The van der Waals surface area contributed by atoms with Crippen molar-refractivity contribution < 1.29 is 9.53 Å². The predicted molar refractivity (Wildman–Crippen MR) is 113 cm³/mol. The smallest absolute Gasteiger partial charge is 0.310 e. The van der Waals surface area contributed by atoms with Crippen molar-refractivity contribution >= 4 is 61.0 Å². The number of esters is 1. The van der Waals surface area contributed by atoms with Gasteiger partial charge in [-0.15, -0.1) is 0 Å². The molecule has 0 aliphatic rings. The molecule has 0 bridgehead atoms. The van der Waals surface area contributed by atoms with Gasteiger partial charge in [0, 0.05) is 36.9 Å². The highest BCUT2D eigenvalue weighted by Gasteiger charge is 2.21. The highest BCUT2D eigenvalue weighted by Crippen LogP contribution is 2.31. The van der Waals surface area contributed by atoms with E-state index in [9.17, 15) is 4.79 Å². The maximum absolute atomic E-state index is 12.6. The minimum atomic E-state index is -0.486. The number of aromatic nitrogens is 2. The first kappa shape index (κ1) is 20.4. The van der Waals surface area contributed by atoms with Gasteiger partial charge < -0.3 is 9.30 Å². The lowest BCUT2D eigenvalue weighted by atomic mass is 10.1. The summed E-state index contributed by atoms with van der Waals surface area (Å²) >= 11 is 19.1. The first-order chi connectivity index (χ1) is 12.9. The van der Waals surface area contributed by atoms with Crippen LogP contribution in [0, 0.1) is 0 Å². The second kappa shape index (κ2) is 9.24. The summed E-state index contributed by atoms with van der Waals surface area (Å²) in [5.74, 6) is -0.376. The summed E-state index contributed by atoms with van der Waals surface area (Å²) in [5.41, 5.74) is 1.53. The molecule has 0 radical (unpaired) electrons. The molecule has 140 valence electrons. The lowest BCUT2D eigenvalue weighted by Gasteiger charge is -2.20. The van der Waals surface area contributed by atoms with Gasteiger partial charge in [0.2, 0.25) is 0 Å². The monoisotopic (exact) mass is 530 g/mol. The predicted octanol–water partition coefficient (Wildman–Crippen LogP) is 6.24. The van der Waals surface area contributed by atoms with Crippen LogP contribution in [-0.4, -0.2) is 15.5 Å². The van der Waals surface area contributed by atoms with E-state index in [0.717, 1.165) is 14.5 Å². The highest BCUT2D eigenvalue weighted by molar-refractivity contribution is 9.11. The van der Waals surface area contributed by atoms with Crippen molar-refractivity contribution in [1.29, 1.82) is 0 Å². The number of hydrogen-bond donors (Lipinski definition) is 0. The van der Waals surface area contributed by atoms with E-state index >= 15 is 0 Å². The van der Waals surface area contributed by atoms with E-state index in [1.54, 1.807) is 30.7 Å². The van der Waals surface area contributed by atoms with Gasteiger partial charge in [0.15, 0.2) is 0 Å². The van der Waals surface area contributed by atoms with Gasteiger partial charge in [0.25, 0.3) is 0 Å². The van der Waals surface area contributed by atoms with Crippen molar-refractivity contribution in [3.63, 3.8) is 0 Å². The summed E-state index contributed by atoms with van der Waals surface area (Å²) < 4.78 is 9.43. The Balaban J connectivity index is 1.81. The van der Waals surface area contributed by atoms with Crippen molar-refractivity contribution in [3.8, 4) is 0 Å². The van der Waals surface area contributed by atoms with E-state index in [-0.39, 0.29) is 12.4 Å². The number of carbonyl (C=O) groups excluding carboxylic acids is 1. The molecule has 0 saturated carbocycles. The SMILES string of the molecule is O=C(Cc1ccc(Cl)cc1Cl)OC(Cn1ccnc1)c1ccc(Br)cc1Br. The Hall–Kier alpha value is -1.34. The van der Waals surface area contributed by atoms with Crippen LogP contribution < -0.4 is 0 Å². The van der Waals surface area contributed by atoms with Gasteiger partial charge >= 0.3 is 5.97 Å². The molecule has 0 amide bonds. The molecule has 27 heavy (non-hydrogen) atoms. The molecule has 0 spiro atoms. The number of carbonyl (C=O) groups is 1. The Morgan fingerprint density at radius 1 is 1.19 bits per heavy atom. The summed E-state index contributed by atoms with van der Waals surface area (Å²) in [6.45, 7) is 0.445. The fourth-order valence-corrected chi connectivity index (χ4v) is 4.35. The standard InChI is InChI=1S/C19H14Br2Cl2N2O2/c20-13-2-4-15(16(21)8-13)18(10-25-6-5-24-11-25)27-19(26)7-12-1-3-14(22)9-17(12)23/h1-6,8-9,11,18H,7,10H2. The molecule has 0 saturated heterocycles. The van der Waals surface area contributed by atoms with Crippen molar-refractivity contribution in [2.24, 2.45) is 0 Å². The van der Waals surface area contributed by atoms with Gasteiger partial charge in [-0.1, -0.05) is 67.2 Å². The largest absolute Gasteiger partial charge is 0.455 e. The Morgan fingerprint density at radius 2 is 2.00 bits per heavy atom. The van der Waals surface area contributed by atoms with Crippen molar-refractivity contribution in [2.45, 2.75) is 19.1 Å². The van der Waals surface area contributed by atoms with E-state index in [2.05, 4.69) is 36.8 Å². The van der Waals surface area contributed by atoms with Crippen LogP contribution >= 0.6 is 55.1 Å². The topological polar surface area (TPSA) is 44.1 Å². The van der Waals surface area contributed by atoms with Gasteiger partial charge in [0.1, 0.15) is 6.10 Å². The molecule has 4 nitrogen and oxygen atoms in total. The zero-order valence-electron chi connectivity index (χ0n) is 13.9. The Morgan fingerprint density at radius 3 is 2.67 bits per heavy atom. The van der Waals surface area contributed by atoms with Crippen LogP contribution in [0.5, 0.6) is 0 Å². The number of ether oxygens (including phenoxy) is 1. The second-order valence-electron chi connectivity index (χ2n) is 5.82. The molecule has 0 aliphatic carbocycles. The number of imidazole rings is 1. The molecule has 3 rings (SSSR count). The molecule has 1 heterocycles. The van der Waals surface area contributed by atoms with E-state index in [1.165, 1.54) is 0 Å². The average molecular weight is 533 g/mol. The second-order valence-corrected chi connectivity index (χ2v) is 8.43. The molecule has 8 heteroatoms. The van der Waals surface area contributed by atoms with Crippen LogP contribution in [0.15, 0.2) is 64.1 Å². The molecule has 1 unspecified atom stereocenters. The minimum Gasteiger partial charge on any atom is -0.455 e. The third-order valence-electron chi connectivity index (χ3n) is 3.87. The first-order valence-corrected chi connectivity index (χ1v) is 10.3. The zero-order chi connectivity index (χ0) is 19.4. The van der Waals surface area contributed by atoms with Crippen LogP contribution in [0.3, 0.4) is 0 Å². The van der Waals surface area contributed by atoms with Crippen LogP contribution in [0.2, 0.25) is 10.0 Å².